The second-order valence-electron chi connectivity index (χ2n) is 21.2. The monoisotopic (exact) mass is 1080 g/mol. The highest BCUT2D eigenvalue weighted by Crippen LogP contribution is 2.40. The van der Waals surface area contributed by atoms with Crippen molar-refractivity contribution in [2.45, 2.75) is 20.4 Å². The number of nitrogens with zero attached hydrogens (tertiary/aromatic N) is 9. The molecule has 1 N–H and O–H groups in total. The van der Waals surface area contributed by atoms with E-state index in [4.69, 9.17) is 43.7 Å². The summed E-state index contributed by atoms with van der Waals surface area (Å²) in [5.41, 5.74) is 20.2. The molecule has 9 aromatic heterocycles. The second kappa shape index (κ2) is 19.7. The van der Waals surface area contributed by atoms with Gasteiger partial charge in [-0.2, -0.15) is 9.97 Å². The van der Waals surface area contributed by atoms with Gasteiger partial charge in [0.25, 0.3) is 0 Å². The molecule has 16 rings (SSSR count). The van der Waals surface area contributed by atoms with Gasteiger partial charge >= 0.3 is 0 Å². The van der Waals surface area contributed by atoms with Crippen molar-refractivity contribution < 1.29 is 8.83 Å². The molecule has 0 aliphatic carbocycles. The van der Waals surface area contributed by atoms with Crippen molar-refractivity contribution >= 4 is 49.6 Å². The molecule has 0 unspecified atom stereocenters. The van der Waals surface area contributed by atoms with Crippen molar-refractivity contribution in [2.75, 3.05) is 0 Å². The topological polar surface area (TPSA) is 138 Å². The first kappa shape index (κ1) is 48.5. The number of pyridine rings is 5. The molecule has 0 fully saturated rings. The van der Waals surface area contributed by atoms with E-state index < -0.39 is 0 Å². The van der Waals surface area contributed by atoms with Crippen LogP contribution < -0.4 is 5.32 Å². The Balaban J connectivity index is 0.689. The summed E-state index contributed by atoms with van der Waals surface area (Å²) in [5.74, 6) is 2.40. The molecular weight excluding hydrogens is 1040 g/mol. The fourth-order valence-electron chi connectivity index (χ4n) is 11.9. The standard InChI is InChI=1S/C72H48N10O2/c1-43-33-65-57(39-75-43)55-37-49(59-19-9-21-61(77-59)69-53(17-11-31-73-69)45-13-5-3-6-14-45)27-29-63(55)81(65)67-41-83-71(79-67)51-25-23-48-36-52(26-24-47(48)35-51)72-80-68(42-84-72)82-64-30-28-50(38-56(64)58-40-76-44(2)34-66(58)82)60-20-10-22-62(78-60)70-54(18-12-32-74-70)46-15-7-4-8-16-46/h3-39,41-42,76H,40H2,1-2H3. The third kappa shape index (κ3) is 8.34. The van der Waals surface area contributed by atoms with E-state index in [1.165, 1.54) is 5.56 Å². The van der Waals surface area contributed by atoms with Crippen LogP contribution in [0.3, 0.4) is 0 Å². The zero-order chi connectivity index (χ0) is 55.8. The molecule has 12 nitrogen and oxygen atoms in total. The summed E-state index contributed by atoms with van der Waals surface area (Å²) in [6.07, 6.45) is 11.3. The van der Waals surface area contributed by atoms with Crippen LogP contribution in [-0.2, 0) is 6.54 Å². The molecule has 1 aliphatic rings. The van der Waals surface area contributed by atoms with Gasteiger partial charge in [-0.05, 0) is 133 Å². The molecule has 0 saturated carbocycles. The van der Waals surface area contributed by atoms with Crippen molar-refractivity contribution in [3.8, 4) is 102 Å². The van der Waals surface area contributed by atoms with Gasteiger partial charge in [-0.1, -0.05) is 109 Å². The van der Waals surface area contributed by atoms with E-state index >= 15 is 0 Å². The van der Waals surface area contributed by atoms with Crippen LogP contribution in [-0.4, -0.2) is 44.0 Å². The van der Waals surface area contributed by atoms with E-state index in [0.717, 1.165) is 139 Å². The first-order valence-electron chi connectivity index (χ1n) is 27.9. The van der Waals surface area contributed by atoms with Crippen molar-refractivity contribution in [2.24, 2.45) is 0 Å². The van der Waals surface area contributed by atoms with Crippen LogP contribution in [0.15, 0.2) is 246 Å². The molecule has 10 heterocycles. The first-order chi connectivity index (χ1) is 41.4. The lowest BCUT2D eigenvalue weighted by molar-refractivity contribution is 0.573. The first-order valence-corrected chi connectivity index (χ1v) is 27.9. The summed E-state index contributed by atoms with van der Waals surface area (Å²) in [4.78, 5) is 35.0. The number of nitrogens with one attached hydrogen (secondary N) is 1. The smallest absolute Gasteiger partial charge is 0.228 e. The summed E-state index contributed by atoms with van der Waals surface area (Å²) in [6.45, 7) is 4.77. The van der Waals surface area contributed by atoms with E-state index in [2.05, 4.69) is 149 Å². The van der Waals surface area contributed by atoms with Crippen LogP contribution in [0.2, 0.25) is 0 Å². The quantitative estimate of drug-likeness (QED) is 0.141. The molecule has 84 heavy (non-hydrogen) atoms. The number of aryl methyl sites for hydroxylation is 1. The lowest BCUT2D eigenvalue weighted by Gasteiger charge is -2.15. The summed E-state index contributed by atoms with van der Waals surface area (Å²) in [5, 5.41) is 8.77. The minimum Gasteiger partial charge on any atom is -0.442 e. The lowest BCUT2D eigenvalue weighted by Crippen LogP contribution is -2.16. The number of hydrogen-bond acceptors (Lipinski definition) is 10. The zero-order valence-electron chi connectivity index (χ0n) is 45.6. The molecule has 15 aromatic rings. The Morgan fingerprint density at radius 3 is 1.55 bits per heavy atom. The molecule has 0 bridgehead atoms. The van der Waals surface area contributed by atoms with Gasteiger partial charge in [-0.25, -0.2) is 9.97 Å². The largest absolute Gasteiger partial charge is 0.442 e. The van der Waals surface area contributed by atoms with E-state index in [1.54, 1.807) is 12.5 Å². The van der Waals surface area contributed by atoms with Crippen LogP contribution in [0.25, 0.3) is 152 Å². The fraction of sp³-hybridized carbons (Fsp3) is 0.0417. The number of benzene rings is 6. The number of oxazole rings is 2. The Morgan fingerprint density at radius 2 is 0.952 bits per heavy atom. The highest BCUT2D eigenvalue weighted by Gasteiger charge is 2.24. The predicted octanol–water partition coefficient (Wildman–Crippen LogP) is 16.9. The molecule has 0 radical (unpaired) electrons. The Bertz CT molecular complexity index is 5130. The third-order valence-corrected chi connectivity index (χ3v) is 15.9. The van der Waals surface area contributed by atoms with Crippen LogP contribution in [0.4, 0.5) is 0 Å². The number of fused-ring (bicyclic) bond motifs is 7. The van der Waals surface area contributed by atoms with Gasteiger partial charge in [0.05, 0.1) is 56.4 Å². The van der Waals surface area contributed by atoms with Gasteiger partial charge in [0, 0.05) is 91.6 Å². The van der Waals surface area contributed by atoms with Crippen LogP contribution in [0.1, 0.15) is 23.9 Å². The van der Waals surface area contributed by atoms with E-state index in [0.29, 0.717) is 30.0 Å². The van der Waals surface area contributed by atoms with Crippen LogP contribution >= 0.6 is 0 Å². The normalized spacial score (nSPS) is 12.3. The van der Waals surface area contributed by atoms with Crippen molar-refractivity contribution in [1.82, 2.24) is 49.3 Å². The summed E-state index contributed by atoms with van der Waals surface area (Å²) >= 11 is 0. The average Bonchev–Trinajstić information content (AvgIpc) is 2.32. The molecule has 1 aliphatic heterocycles. The summed E-state index contributed by atoms with van der Waals surface area (Å²) < 4.78 is 17.0. The molecule has 0 atom stereocenters. The zero-order valence-corrected chi connectivity index (χ0v) is 45.6. The van der Waals surface area contributed by atoms with E-state index in [-0.39, 0.29) is 0 Å². The number of aromatic nitrogens is 9. The third-order valence-electron chi connectivity index (χ3n) is 15.9. The summed E-state index contributed by atoms with van der Waals surface area (Å²) in [6, 6.07) is 68.6. The van der Waals surface area contributed by atoms with Gasteiger partial charge in [0.2, 0.25) is 11.8 Å². The van der Waals surface area contributed by atoms with E-state index in [1.807, 2.05) is 104 Å². The number of rotatable bonds is 10. The summed E-state index contributed by atoms with van der Waals surface area (Å²) in [7, 11) is 0. The Morgan fingerprint density at radius 1 is 0.417 bits per heavy atom. The average molecular weight is 1090 g/mol. The number of allylic oxidation sites excluding steroid dienone is 1. The fourth-order valence-corrected chi connectivity index (χ4v) is 11.9. The van der Waals surface area contributed by atoms with Crippen LogP contribution in [0, 0.1) is 6.92 Å². The molecule has 6 aromatic carbocycles. The molecule has 0 saturated heterocycles. The minimum absolute atomic E-state index is 0.511. The lowest BCUT2D eigenvalue weighted by atomic mass is 10.0. The SMILES string of the molecule is CC1=Cc2c(c3cc(-c4cccc(-c5ncccc5-c5ccccc5)n4)ccc3n2-c2coc(-c3ccc4cc(-c5nc(-n6c7ccc(-c8cccc(-c9ncccc9-c9ccccc9)n8)cc7c7cnc(C)cc76)co5)ccc4c3)n2)CN1. The van der Waals surface area contributed by atoms with Gasteiger partial charge < -0.3 is 14.2 Å². The van der Waals surface area contributed by atoms with Gasteiger partial charge in [0.15, 0.2) is 11.6 Å². The Hall–Kier alpha value is -11.4. The maximum absolute atomic E-state index is 6.33. The highest BCUT2D eigenvalue weighted by atomic mass is 16.3. The molecule has 398 valence electrons. The highest BCUT2D eigenvalue weighted by molar-refractivity contribution is 6.10. The molecule has 12 heteroatoms. The van der Waals surface area contributed by atoms with Gasteiger partial charge in [0.1, 0.15) is 12.5 Å². The maximum Gasteiger partial charge on any atom is 0.228 e. The maximum atomic E-state index is 6.33. The Labute approximate surface area is 481 Å². The Kier molecular flexibility index (Phi) is 11.4. The predicted molar refractivity (Wildman–Crippen MR) is 333 cm³/mol. The van der Waals surface area contributed by atoms with E-state index in [9.17, 15) is 0 Å². The number of hydrogen-bond donors (Lipinski definition) is 1. The molecule has 0 amide bonds. The second-order valence-corrected chi connectivity index (χ2v) is 21.2. The van der Waals surface area contributed by atoms with Gasteiger partial charge in [-0.15, -0.1) is 0 Å². The van der Waals surface area contributed by atoms with Crippen molar-refractivity contribution in [3.05, 3.63) is 254 Å². The minimum atomic E-state index is 0.511. The molecular formula is C72H48N10O2. The molecule has 0 spiro atoms. The van der Waals surface area contributed by atoms with Gasteiger partial charge in [-0.3, -0.25) is 24.1 Å². The van der Waals surface area contributed by atoms with Crippen LogP contribution in [0.5, 0.6) is 0 Å². The van der Waals surface area contributed by atoms with Crippen molar-refractivity contribution in [1.29, 1.82) is 0 Å². The van der Waals surface area contributed by atoms with Crippen molar-refractivity contribution in [3.63, 3.8) is 0 Å².